The molecule has 0 saturated carbocycles. The van der Waals surface area contributed by atoms with Gasteiger partial charge >= 0.3 is 0 Å². The molecular weight excluding hydrogens is 639 g/mol. The van der Waals surface area contributed by atoms with E-state index in [1.165, 1.54) is 77.5 Å². The smallest absolute Gasteiger partial charge is 0.0467 e. The van der Waals surface area contributed by atoms with Crippen molar-refractivity contribution < 1.29 is 0 Å². The van der Waals surface area contributed by atoms with Crippen molar-refractivity contribution in [2.75, 3.05) is 4.90 Å². The Morgan fingerprint density at radius 3 is 1.47 bits per heavy atom. The Bertz CT molecular complexity index is 2620. The third kappa shape index (κ3) is 4.77. The van der Waals surface area contributed by atoms with E-state index in [1.807, 2.05) is 0 Å². The minimum atomic E-state index is -0.104. The van der Waals surface area contributed by atoms with Gasteiger partial charge in [0.1, 0.15) is 0 Å². The van der Waals surface area contributed by atoms with E-state index in [0.29, 0.717) is 0 Å². The fourth-order valence-corrected chi connectivity index (χ4v) is 9.35. The fourth-order valence-electron chi connectivity index (χ4n) is 9.35. The lowest BCUT2D eigenvalue weighted by atomic mass is 9.82. The first-order valence-corrected chi connectivity index (χ1v) is 18.8. The van der Waals surface area contributed by atoms with Gasteiger partial charge in [-0.3, -0.25) is 0 Å². The van der Waals surface area contributed by atoms with Gasteiger partial charge in [0.25, 0.3) is 0 Å². The largest absolute Gasteiger partial charge is 0.310 e. The summed E-state index contributed by atoms with van der Waals surface area (Å²) in [6.07, 6.45) is 0. The molecule has 0 atom stereocenters. The maximum atomic E-state index is 2.48. The van der Waals surface area contributed by atoms with Gasteiger partial charge < -0.3 is 4.90 Å². The lowest BCUT2D eigenvalue weighted by Crippen LogP contribution is -2.18. The molecule has 8 aromatic rings. The average molecular weight is 680 g/mol. The normalized spacial score (nSPS) is 14.3. The molecule has 2 aliphatic carbocycles. The summed E-state index contributed by atoms with van der Waals surface area (Å²) in [5, 5.41) is 2.51. The molecule has 0 saturated heterocycles. The SMILES string of the molecule is CC1(C)c2ccccc2-c2ccc(N(c3cccc(-c4ccc5ccccc5c4-c4ccccc4)c3)c3ccc4c(c3)C(C)(C)c3ccccc3-4)cc21. The zero-order chi connectivity index (χ0) is 35.9. The number of hydrogen-bond donors (Lipinski definition) is 0. The second-order valence-corrected chi connectivity index (χ2v) is 15.8. The molecule has 0 aliphatic heterocycles. The summed E-state index contributed by atoms with van der Waals surface area (Å²) >= 11 is 0. The van der Waals surface area contributed by atoms with E-state index < -0.39 is 0 Å². The lowest BCUT2D eigenvalue weighted by Gasteiger charge is -2.30. The summed E-state index contributed by atoms with van der Waals surface area (Å²) < 4.78 is 0. The molecule has 53 heavy (non-hydrogen) atoms. The van der Waals surface area contributed by atoms with Gasteiger partial charge in [0.2, 0.25) is 0 Å². The van der Waals surface area contributed by atoms with E-state index in [0.717, 1.165) is 17.1 Å². The predicted molar refractivity (Wildman–Crippen MR) is 225 cm³/mol. The van der Waals surface area contributed by atoms with Crippen molar-refractivity contribution in [1.29, 1.82) is 0 Å². The van der Waals surface area contributed by atoms with Crippen LogP contribution in [0.5, 0.6) is 0 Å². The molecule has 0 bridgehead atoms. The number of hydrogen-bond acceptors (Lipinski definition) is 1. The van der Waals surface area contributed by atoms with Crippen LogP contribution in [-0.4, -0.2) is 0 Å². The van der Waals surface area contributed by atoms with Gasteiger partial charge in [0.15, 0.2) is 0 Å². The summed E-state index contributed by atoms with van der Waals surface area (Å²) in [5.41, 5.74) is 19.0. The number of anilines is 3. The minimum absolute atomic E-state index is 0.104. The molecule has 1 heteroatoms. The molecule has 10 rings (SSSR count). The maximum absolute atomic E-state index is 2.48. The van der Waals surface area contributed by atoms with Crippen LogP contribution in [0.1, 0.15) is 49.9 Å². The van der Waals surface area contributed by atoms with Gasteiger partial charge in [0.05, 0.1) is 0 Å². The van der Waals surface area contributed by atoms with Crippen LogP contribution >= 0.6 is 0 Å². The van der Waals surface area contributed by atoms with E-state index in [2.05, 4.69) is 209 Å². The highest BCUT2D eigenvalue weighted by Gasteiger charge is 2.37. The van der Waals surface area contributed by atoms with Crippen molar-refractivity contribution in [3.05, 3.63) is 198 Å². The van der Waals surface area contributed by atoms with E-state index in [-0.39, 0.29) is 10.8 Å². The Morgan fingerprint density at radius 2 is 0.830 bits per heavy atom. The van der Waals surface area contributed by atoms with Crippen LogP contribution in [0.25, 0.3) is 55.3 Å². The number of fused-ring (bicyclic) bond motifs is 7. The highest BCUT2D eigenvalue weighted by atomic mass is 15.1. The average Bonchev–Trinajstić information content (AvgIpc) is 3.57. The summed E-state index contributed by atoms with van der Waals surface area (Å²) in [5.74, 6) is 0. The van der Waals surface area contributed by atoms with Crippen LogP contribution in [0.2, 0.25) is 0 Å². The van der Waals surface area contributed by atoms with Crippen molar-refractivity contribution in [2.24, 2.45) is 0 Å². The molecule has 8 aromatic carbocycles. The number of nitrogens with zero attached hydrogens (tertiary/aromatic N) is 1. The number of benzene rings is 8. The molecule has 254 valence electrons. The van der Waals surface area contributed by atoms with Gasteiger partial charge in [-0.25, -0.2) is 0 Å². The van der Waals surface area contributed by atoms with Crippen LogP contribution in [0.15, 0.2) is 176 Å². The second-order valence-electron chi connectivity index (χ2n) is 15.8. The lowest BCUT2D eigenvalue weighted by molar-refractivity contribution is 0.660. The Morgan fingerprint density at radius 1 is 0.340 bits per heavy atom. The van der Waals surface area contributed by atoms with Crippen molar-refractivity contribution >= 4 is 27.8 Å². The summed E-state index contributed by atoms with van der Waals surface area (Å²) in [4.78, 5) is 2.48. The van der Waals surface area contributed by atoms with Crippen LogP contribution < -0.4 is 4.90 Å². The van der Waals surface area contributed by atoms with Crippen LogP contribution in [0.4, 0.5) is 17.1 Å². The Hall–Kier alpha value is -6.18. The molecule has 0 spiro atoms. The van der Waals surface area contributed by atoms with Crippen LogP contribution in [0.3, 0.4) is 0 Å². The van der Waals surface area contributed by atoms with Crippen molar-refractivity contribution in [2.45, 2.75) is 38.5 Å². The van der Waals surface area contributed by atoms with Crippen molar-refractivity contribution in [3.8, 4) is 44.5 Å². The molecule has 0 aromatic heterocycles. The van der Waals surface area contributed by atoms with Crippen molar-refractivity contribution in [3.63, 3.8) is 0 Å². The highest BCUT2D eigenvalue weighted by molar-refractivity contribution is 6.04. The maximum Gasteiger partial charge on any atom is 0.0467 e. The van der Waals surface area contributed by atoms with Gasteiger partial charge in [-0.05, 0) is 114 Å². The standard InChI is InChI=1S/C52H41N/c1-51(2)46-23-12-10-21-42(46)44-29-26-38(32-48(44)51)53(39-27-30-45-43-22-11-13-24-47(43)52(3,4)49(45)33-39)37-19-14-18-36(31-37)41-28-25-34-15-8-9-20-40(34)50(41)35-16-6-5-7-17-35/h5-33H,1-4H3. The molecule has 1 nitrogen and oxygen atoms in total. The third-order valence-corrected chi connectivity index (χ3v) is 12.1. The van der Waals surface area contributed by atoms with Gasteiger partial charge in [-0.1, -0.05) is 167 Å². The second kappa shape index (κ2) is 11.7. The third-order valence-electron chi connectivity index (χ3n) is 12.1. The van der Waals surface area contributed by atoms with Crippen LogP contribution in [-0.2, 0) is 10.8 Å². The molecular formula is C52H41N. The Balaban J connectivity index is 1.19. The molecule has 0 N–H and O–H groups in total. The fraction of sp³-hybridized carbons (Fsp3) is 0.115. The predicted octanol–water partition coefficient (Wildman–Crippen LogP) is 14.3. The Labute approximate surface area is 312 Å². The first-order chi connectivity index (χ1) is 25.8. The molecule has 0 heterocycles. The molecule has 0 radical (unpaired) electrons. The quantitative estimate of drug-likeness (QED) is 0.175. The van der Waals surface area contributed by atoms with E-state index in [4.69, 9.17) is 0 Å². The minimum Gasteiger partial charge on any atom is -0.310 e. The van der Waals surface area contributed by atoms with E-state index >= 15 is 0 Å². The van der Waals surface area contributed by atoms with Crippen LogP contribution in [0, 0.1) is 0 Å². The molecule has 0 amide bonds. The van der Waals surface area contributed by atoms with Crippen molar-refractivity contribution in [1.82, 2.24) is 0 Å². The monoisotopic (exact) mass is 679 g/mol. The van der Waals surface area contributed by atoms with Gasteiger partial charge in [0, 0.05) is 27.9 Å². The molecule has 0 fully saturated rings. The molecule has 2 aliphatic rings. The van der Waals surface area contributed by atoms with E-state index in [9.17, 15) is 0 Å². The first-order valence-electron chi connectivity index (χ1n) is 18.8. The topological polar surface area (TPSA) is 3.24 Å². The summed E-state index contributed by atoms with van der Waals surface area (Å²) in [6.45, 7) is 9.47. The zero-order valence-corrected chi connectivity index (χ0v) is 30.7. The van der Waals surface area contributed by atoms with Gasteiger partial charge in [-0.15, -0.1) is 0 Å². The zero-order valence-electron chi connectivity index (χ0n) is 30.7. The Kier molecular flexibility index (Phi) is 6.94. The first kappa shape index (κ1) is 31.5. The highest BCUT2D eigenvalue weighted by Crippen LogP contribution is 2.53. The summed E-state index contributed by atoms with van der Waals surface area (Å²) in [7, 11) is 0. The van der Waals surface area contributed by atoms with Gasteiger partial charge in [-0.2, -0.15) is 0 Å². The van der Waals surface area contributed by atoms with E-state index in [1.54, 1.807) is 0 Å². The number of rotatable bonds is 5. The molecule has 0 unspecified atom stereocenters. The summed E-state index contributed by atoms with van der Waals surface area (Å²) in [6, 6.07) is 65.3.